The Kier molecular flexibility index (Phi) is 4.04. The van der Waals surface area contributed by atoms with Crippen LogP contribution in [-0.4, -0.2) is 34.2 Å². The predicted molar refractivity (Wildman–Crippen MR) is 91.4 cm³/mol. The molecule has 0 unspecified atom stereocenters. The van der Waals surface area contributed by atoms with Crippen molar-refractivity contribution in [3.8, 4) is 0 Å². The molecule has 0 aliphatic carbocycles. The summed E-state index contributed by atoms with van der Waals surface area (Å²) in [6.07, 6.45) is 3.86. The molecule has 1 saturated heterocycles. The van der Waals surface area contributed by atoms with Gasteiger partial charge in [0, 0.05) is 19.3 Å². The van der Waals surface area contributed by atoms with E-state index in [-0.39, 0.29) is 12.1 Å². The summed E-state index contributed by atoms with van der Waals surface area (Å²) in [7, 11) is 0. The highest BCUT2D eigenvalue weighted by molar-refractivity contribution is 6.28. The minimum Gasteiger partial charge on any atom is -0.467 e. The van der Waals surface area contributed by atoms with E-state index < -0.39 is 17.8 Å². The van der Waals surface area contributed by atoms with Gasteiger partial charge in [-0.25, -0.2) is 4.79 Å². The van der Waals surface area contributed by atoms with E-state index in [2.05, 4.69) is 11.4 Å². The summed E-state index contributed by atoms with van der Waals surface area (Å²) in [5.74, 6) is -0.822. The molecular weight excluding hydrogens is 334 g/mol. The van der Waals surface area contributed by atoms with Crippen molar-refractivity contribution in [2.45, 2.75) is 19.5 Å². The standard InChI is InChI=1S/C19H17N3O4/c23-17-16(12-21-8-7-13-4-1-2-5-14(13)10-21)18(24)22(19(25)20-17)11-15-6-3-9-26-15/h1-6,9,12H,7-8,10-11H2,(H,20,23,25). The van der Waals surface area contributed by atoms with Crippen LogP contribution in [0.4, 0.5) is 4.79 Å². The minimum absolute atomic E-state index is 0.0227. The molecule has 4 rings (SSSR count). The molecule has 7 nitrogen and oxygen atoms in total. The van der Waals surface area contributed by atoms with Gasteiger partial charge < -0.3 is 9.32 Å². The molecule has 4 amide bonds. The van der Waals surface area contributed by atoms with Crippen LogP contribution in [0.1, 0.15) is 16.9 Å². The Bertz CT molecular complexity index is 901. The molecule has 2 aliphatic rings. The van der Waals surface area contributed by atoms with Crippen LogP contribution < -0.4 is 5.32 Å². The Balaban J connectivity index is 1.56. The molecule has 3 heterocycles. The Labute approximate surface area is 149 Å². The number of barbiturate groups is 1. The molecule has 0 spiro atoms. The number of benzene rings is 1. The fourth-order valence-electron chi connectivity index (χ4n) is 3.19. The van der Waals surface area contributed by atoms with Crippen LogP contribution in [0, 0.1) is 0 Å². The first-order valence-corrected chi connectivity index (χ1v) is 8.34. The molecule has 132 valence electrons. The van der Waals surface area contributed by atoms with Gasteiger partial charge in [-0.3, -0.25) is 19.8 Å². The second-order valence-electron chi connectivity index (χ2n) is 6.26. The molecule has 0 atom stereocenters. The lowest BCUT2D eigenvalue weighted by molar-refractivity contribution is -0.131. The number of imide groups is 2. The van der Waals surface area contributed by atoms with Crippen molar-refractivity contribution in [1.82, 2.24) is 15.1 Å². The van der Waals surface area contributed by atoms with Crippen molar-refractivity contribution in [2.24, 2.45) is 0 Å². The number of carbonyl (C=O) groups excluding carboxylic acids is 3. The fourth-order valence-corrected chi connectivity index (χ4v) is 3.19. The number of hydrogen-bond donors (Lipinski definition) is 1. The number of rotatable bonds is 3. The first-order valence-electron chi connectivity index (χ1n) is 8.34. The zero-order chi connectivity index (χ0) is 18.1. The number of amides is 4. The lowest BCUT2D eigenvalue weighted by Crippen LogP contribution is -2.54. The van der Waals surface area contributed by atoms with Gasteiger partial charge in [-0.15, -0.1) is 0 Å². The number of nitrogens with one attached hydrogen (secondary N) is 1. The molecule has 2 aliphatic heterocycles. The summed E-state index contributed by atoms with van der Waals surface area (Å²) in [5.41, 5.74) is 2.40. The van der Waals surface area contributed by atoms with Gasteiger partial charge in [0.05, 0.1) is 12.8 Å². The molecule has 0 bridgehead atoms. The normalized spacial score (nSPS) is 18.9. The third kappa shape index (κ3) is 2.99. The smallest absolute Gasteiger partial charge is 0.331 e. The first kappa shape index (κ1) is 16.1. The fraction of sp³-hybridized carbons (Fsp3) is 0.211. The Hall–Kier alpha value is -3.35. The Morgan fingerprint density at radius 3 is 2.65 bits per heavy atom. The predicted octanol–water partition coefficient (Wildman–Crippen LogP) is 1.80. The minimum atomic E-state index is -0.738. The quantitative estimate of drug-likeness (QED) is 0.673. The molecule has 0 radical (unpaired) electrons. The third-order valence-corrected chi connectivity index (χ3v) is 4.55. The van der Waals surface area contributed by atoms with Crippen molar-refractivity contribution in [3.05, 3.63) is 71.3 Å². The lowest BCUT2D eigenvalue weighted by Gasteiger charge is -2.30. The van der Waals surface area contributed by atoms with E-state index in [1.165, 1.54) is 17.4 Å². The van der Waals surface area contributed by atoms with Crippen molar-refractivity contribution >= 4 is 17.8 Å². The zero-order valence-corrected chi connectivity index (χ0v) is 14.0. The monoisotopic (exact) mass is 351 g/mol. The van der Waals surface area contributed by atoms with Gasteiger partial charge in [0.15, 0.2) is 0 Å². The number of hydrogen-bond acceptors (Lipinski definition) is 5. The second-order valence-corrected chi connectivity index (χ2v) is 6.26. The SMILES string of the molecule is O=C1NC(=O)N(Cc2ccco2)C(=O)C1=CN1CCc2ccccc2C1. The summed E-state index contributed by atoms with van der Waals surface area (Å²) >= 11 is 0. The number of urea groups is 1. The zero-order valence-electron chi connectivity index (χ0n) is 14.0. The number of furan rings is 1. The maximum atomic E-state index is 12.7. The van der Waals surface area contributed by atoms with Gasteiger partial charge in [0.1, 0.15) is 11.3 Å². The molecule has 0 saturated carbocycles. The molecule has 1 N–H and O–H groups in total. The number of fused-ring (bicyclic) bond motifs is 1. The van der Waals surface area contributed by atoms with Crippen LogP contribution in [0.3, 0.4) is 0 Å². The molecule has 7 heteroatoms. The van der Waals surface area contributed by atoms with E-state index in [1.54, 1.807) is 18.3 Å². The summed E-state index contributed by atoms with van der Waals surface area (Å²) in [6.45, 7) is 1.30. The largest absolute Gasteiger partial charge is 0.467 e. The second kappa shape index (κ2) is 6.51. The van der Waals surface area contributed by atoms with E-state index in [9.17, 15) is 14.4 Å². The summed E-state index contributed by atoms with van der Waals surface area (Å²) < 4.78 is 5.20. The van der Waals surface area contributed by atoms with E-state index in [1.807, 2.05) is 23.1 Å². The topological polar surface area (TPSA) is 82.9 Å². The van der Waals surface area contributed by atoms with Gasteiger partial charge in [0.2, 0.25) is 0 Å². The van der Waals surface area contributed by atoms with Crippen LogP contribution in [-0.2, 0) is 29.1 Å². The molecule has 2 aromatic rings. The maximum Gasteiger partial charge on any atom is 0.331 e. The van der Waals surface area contributed by atoms with Crippen molar-refractivity contribution < 1.29 is 18.8 Å². The molecule has 26 heavy (non-hydrogen) atoms. The molecular formula is C19H17N3O4. The van der Waals surface area contributed by atoms with Crippen molar-refractivity contribution in [1.29, 1.82) is 0 Å². The average molecular weight is 351 g/mol. The lowest BCUT2D eigenvalue weighted by atomic mass is 10.00. The molecule has 1 fully saturated rings. The average Bonchev–Trinajstić information content (AvgIpc) is 3.15. The van der Waals surface area contributed by atoms with E-state index >= 15 is 0 Å². The van der Waals surface area contributed by atoms with Crippen LogP contribution in [0.25, 0.3) is 0 Å². The van der Waals surface area contributed by atoms with Gasteiger partial charge in [-0.1, -0.05) is 24.3 Å². The summed E-state index contributed by atoms with van der Waals surface area (Å²) in [6, 6.07) is 10.7. The first-order chi connectivity index (χ1) is 12.6. The van der Waals surface area contributed by atoms with Crippen LogP contribution in [0.15, 0.2) is 58.9 Å². The summed E-state index contributed by atoms with van der Waals surface area (Å²) in [5, 5.41) is 2.22. The van der Waals surface area contributed by atoms with E-state index in [4.69, 9.17) is 4.42 Å². The van der Waals surface area contributed by atoms with E-state index in [0.717, 1.165) is 11.3 Å². The summed E-state index contributed by atoms with van der Waals surface area (Å²) in [4.78, 5) is 39.8. The maximum absolute atomic E-state index is 12.7. The highest BCUT2D eigenvalue weighted by Gasteiger charge is 2.36. The van der Waals surface area contributed by atoms with Crippen molar-refractivity contribution in [2.75, 3.05) is 6.54 Å². The third-order valence-electron chi connectivity index (χ3n) is 4.55. The van der Waals surface area contributed by atoms with Crippen LogP contribution >= 0.6 is 0 Å². The van der Waals surface area contributed by atoms with E-state index in [0.29, 0.717) is 18.8 Å². The highest BCUT2D eigenvalue weighted by atomic mass is 16.3. The Morgan fingerprint density at radius 1 is 1.08 bits per heavy atom. The number of nitrogens with zero attached hydrogens (tertiary/aromatic N) is 2. The molecule has 1 aromatic carbocycles. The van der Waals surface area contributed by atoms with Gasteiger partial charge in [-0.2, -0.15) is 0 Å². The van der Waals surface area contributed by atoms with Gasteiger partial charge in [0.25, 0.3) is 11.8 Å². The van der Waals surface area contributed by atoms with Crippen LogP contribution in [0.5, 0.6) is 0 Å². The highest BCUT2D eigenvalue weighted by Crippen LogP contribution is 2.21. The Morgan fingerprint density at radius 2 is 1.88 bits per heavy atom. The molecule has 1 aromatic heterocycles. The van der Waals surface area contributed by atoms with Gasteiger partial charge >= 0.3 is 6.03 Å². The van der Waals surface area contributed by atoms with Crippen LogP contribution in [0.2, 0.25) is 0 Å². The van der Waals surface area contributed by atoms with Gasteiger partial charge in [-0.05, 0) is 29.7 Å². The number of carbonyl (C=O) groups is 3. The van der Waals surface area contributed by atoms with Crippen molar-refractivity contribution in [3.63, 3.8) is 0 Å².